The summed E-state index contributed by atoms with van der Waals surface area (Å²) in [5.74, 6) is -0.445. The Morgan fingerprint density at radius 1 is 1.16 bits per heavy atom. The van der Waals surface area contributed by atoms with Gasteiger partial charge in [-0.3, -0.25) is 0 Å². The first kappa shape index (κ1) is 12.6. The Kier molecular flexibility index (Phi) is 3.27. The molecule has 0 aliphatic carbocycles. The van der Waals surface area contributed by atoms with E-state index in [1.165, 1.54) is 11.6 Å². The third-order valence-electron chi connectivity index (χ3n) is 3.42. The van der Waals surface area contributed by atoms with Gasteiger partial charge < -0.3 is 10.5 Å². The fourth-order valence-corrected chi connectivity index (χ4v) is 2.57. The quantitative estimate of drug-likeness (QED) is 0.911. The van der Waals surface area contributed by atoms with Crippen LogP contribution < -0.4 is 5.73 Å². The number of ether oxygens (including phenoxy) is 1. The third kappa shape index (κ3) is 2.25. The van der Waals surface area contributed by atoms with Gasteiger partial charge in [0.15, 0.2) is 0 Å². The van der Waals surface area contributed by atoms with E-state index in [-0.39, 0.29) is 5.02 Å². The maximum atomic E-state index is 13.5. The van der Waals surface area contributed by atoms with Crippen LogP contribution in [0.4, 0.5) is 4.39 Å². The van der Waals surface area contributed by atoms with Crippen molar-refractivity contribution in [3.05, 3.63) is 69.5 Å². The minimum Gasteiger partial charge on any atom is -0.372 e. The highest BCUT2D eigenvalue weighted by Crippen LogP contribution is 2.30. The van der Waals surface area contributed by atoms with Crippen LogP contribution in [0.1, 0.15) is 28.3 Å². The molecule has 0 radical (unpaired) electrons. The van der Waals surface area contributed by atoms with Gasteiger partial charge in [0.05, 0.1) is 24.3 Å². The summed E-state index contributed by atoms with van der Waals surface area (Å²) in [5, 5.41) is 0.0896. The summed E-state index contributed by atoms with van der Waals surface area (Å²) < 4.78 is 18.8. The first-order valence-electron chi connectivity index (χ1n) is 6.06. The maximum absolute atomic E-state index is 13.5. The molecule has 0 fully saturated rings. The van der Waals surface area contributed by atoms with Crippen molar-refractivity contribution in [1.82, 2.24) is 0 Å². The summed E-state index contributed by atoms with van der Waals surface area (Å²) in [7, 11) is 0. The molecule has 0 saturated carbocycles. The largest absolute Gasteiger partial charge is 0.372 e. The Hall–Kier alpha value is -1.42. The van der Waals surface area contributed by atoms with E-state index in [1.807, 2.05) is 18.2 Å². The Bertz CT molecular complexity index is 630. The molecule has 2 N–H and O–H groups in total. The van der Waals surface area contributed by atoms with E-state index < -0.39 is 11.9 Å². The van der Waals surface area contributed by atoms with Crippen LogP contribution in [0.2, 0.25) is 5.02 Å². The van der Waals surface area contributed by atoms with Gasteiger partial charge in [0.1, 0.15) is 5.82 Å². The number of fused-ring (bicyclic) bond motifs is 1. The molecule has 0 aromatic heterocycles. The van der Waals surface area contributed by atoms with Crippen molar-refractivity contribution < 1.29 is 9.13 Å². The van der Waals surface area contributed by atoms with Crippen LogP contribution in [-0.4, -0.2) is 0 Å². The van der Waals surface area contributed by atoms with Crippen molar-refractivity contribution >= 4 is 11.6 Å². The fourth-order valence-electron chi connectivity index (χ4n) is 2.33. The number of halogens is 2. The molecule has 0 spiro atoms. The van der Waals surface area contributed by atoms with E-state index in [9.17, 15) is 4.39 Å². The molecule has 2 aromatic carbocycles. The first-order valence-corrected chi connectivity index (χ1v) is 6.43. The van der Waals surface area contributed by atoms with E-state index in [0.717, 1.165) is 11.1 Å². The van der Waals surface area contributed by atoms with Gasteiger partial charge in [-0.25, -0.2) is 4.39 Å². The summed E-state index contributed by atoms with van der Waals surface area (Å²) >= 11 is 5.98. The summed E-state index contributed by atoms with van der Waals surface area (Å²) in [5.41, 5.74) is 10.0. The number of hydrogen-bond acceptors (Lipinski definition) is 2. The molecule has 0 amide bonds. The molecule has 3 rings (SSSR count). The van der Waals surface area contributed by atoms with E-state index in [0.29, 0.717) is 18.8 Å². The van der Waals surface area contributed by atoms with E-state index >= 15 is 0 Å². The number of hydrogen-bond donors (Lipinski definition) is 1. The summed E-state index contributed by atoms with van der Waals surface area (Å²) in [6, 6.07) is 10.2. The molecular formula is C15H13ClFNO. The van der Waals surface area contributed by atoms with Crippen molar-refractivity contribution in [2.24, 2.45) is 5.73 Å². The zero-order chi connectivity index (χ0) is 13.4. The van der Waals surface area contributed by atoms with Gasteiger partial charge in [-0.05, 0) is 28.3 Å². The van der Waals surface area contributed by atoms with Gasteiger partial charge >= 0.3 is 0 Å². The highest BCUT2D eigenvalue weighted by atomic mass is 35.5. The first-order chi connectivity index (χ1) is 9.16. The molecule has 4 heteroatoms. The predicted molar refractivity (Wildman–Crippen MR) is 72.4 cm³/mol. The topological polar surface area (TPSA) is 35.2 Å². The minimum atomic E-state index is -0.445. The molecule has 1 heterocycles. The average molecular weight is 278 g/mol. The lowest BCUT2D eigenvalue weighted by molar-refractivity contribution is 0.134. The van der Waals surface area contributed by atoms with Gasteiger partial charge in [0.2, 0.25) is 0 Å². The Morgan fingerprint density at radius 2 is 1.95 bits per heavy atom. The molecule has 0 saturated heterocycles. The number of rotatable bonds is 2. The standard InChI is InChI=1S/C15H13ClFNO/c16-14-12(2-1-3-13(14)17)15(18)9-4-5-10-7-19-8-11(10)6-9/h1-6,15H,7-8,18H2. The van der Waals surface area contributed by atoms with E-state index in [1.54, 1.807) is 12.1 Å². The molecule has 98 valence electrons. The summed E-state index contributed by atoms with van der Waals surface area (Å²) in [4.78, 5) is 0. The normalized spacial score (nSPS) is 15.3. The van der Waals surface area contributed by atoms with Crippen LogP contribution >= 0.6 is 11.6 Å². The smallest absolute Gasteiger partial charge is 0.142 e. The molecule has 2 aromatic rings. The highest BCUT2D eigenvalue weighted by molar-refractivity contribution is 6.31. The predicted octanol–water partition coefficient (Wildman–Crippen LogP) is 3.56. The zero-order valence-corrected chi connectivity index (χ0v) is 11.0. The van der Waals surface area contributed by atoms with Crippen molar-refractivity contribution in [3.8, 4) is 0 Å². The fraction of sp³-hybridized carbons (Fsp3) is 0.200. The second kappa shape index (κ2) is 4.93. The van der Waals surface area contributed by atoms with Gasteiger partial charge in [-0.2, -0.15) is 0 Å². The monoisotopic (exact) mass is 277 g/mol. The van der Waals surface area contributed by atoms with Crippen LogP contribution in [0.15, 0.2) is 36.4 Å². The molecule has 2 nitrogen and oxygen atoms in total. The second-order valence-electron chi connectivity index (χ2n) is 4.64. The van der Waals surface area contributed by atoms with Crippen molar-refractivity contribution in [3.63, 3.8) is 0 Å². The third-order valence-corrected chi connectivity index (χ3v) is 3.82. The zero-order valence-electron chi connectivity index (χ0n) is 10.2. The number of nitrogens with two attached hydrogens (primary N) is 1. The molecular weight excluding hydrogens is 265 g/mol. The lowest BCUT2D eigenvalue weighted by atomic mass is 9.96. The van der Waals surface area contributed by atoms with Crippen LogP contribution in [0.3, 0.4) is 0 Å². The van der Waals surface area contributed by atoms with Crippen molar-refractivity contribution in [1.29, 1.82) is 0 Å². The minimum absolute atomic E-state index is 0.0896. The Balaban J connectivity index is 2.00. The van der Waals surface area contributed by atoms with Crippen molar-refractivity contribution in [2.75, 3.05) is 0 Å². The highest BCUT2D eigenvalue weighted by Gasteiger charge is 2.18. The van der Waals surface area contributed by atoms with Crippen LogP contribution in [-0.2, 0) is 18.0 Å². The van der Waals surface area contributed by atoms with Crippen LogP contribution in [0.25, 0.3) is 0 Å². The van der Waals surface area contributed by atoms with Gasteiger partial charge in [0.25, 0.3) is 0 Å². The van der Waals surface area contributed by atoms with Gasteiger partial charge in [-0.1, -0.05) is 41.9 Å². The molecule has 1 atom stereocenters. The SMILES string of the molecule is NC(c1ccc2c(c1)COC2)c1cccc(F)c1Cl. The lowest BCUT2D eigenvalue weighted by Crippen LogP contribution is -2.13. The van der Waals surface area contributed by atoms with E-state index in [4.69, 9.17) is 22.1 Å². The Labute approximate surface area is 115 Å². The summed E-state index contributed by atoms with van der Waals surface area (Å²) in [6.45, 7) is 1.25. The maximum Gasteiger partial charge on any atom is 0.142 e. The molecule has 1 aliphatic heterocycles. The van der Waals surface area contributed by atoms with E-state index in [2.05, 4.69) is 0 Å². The van der Waals surface area contributed by atoms with Gasteiger partial charge in [0, 0.05) is 0 Å². The number of benzene rings is 2. The van der Waals surface area contributed by atoms with Crippen LogP contribution in [0, 0.1) is 5.82 Å². The van der Waals surface area contributed by atoms with Crippen LogP contribution in [0.5, 0.6) is 0 Å². The lowest BCUT2D eigenvalue weighted by Gasteiger charge is -2.15. The van der Waals surface area contributed by atoms with Gasteiger partial charge in [-0.15, -0.1) is 0 Å². The second-order valence-corrected chi connectivity index (χ2v) is 5.02. The van der Waals surface area contributed by atoms with Crippen molar-refractivity contribution in [2.45, 2.75) is 19.3 Å². The Morgan fingerprint density at radius 3 is 2.79 bits per heavy atom. The molecule has 0 bridgehead atoms. The molecule has 1 unspecified atom stereocenters. The average Bonchev–Trinajstić information content (AvgIpc) is 2.88. The molecule has 1 aliphatic rings. The molecule has 19 heavy (non-hydrogen) atoms. The summed E-state index contributed by atoms with van der Waals surface area (Å²) in [6.07, 6.45) is 0.